The maximum atomic E-state index is 9.59. The van der Waals surface area contributed by atoms with E-state index in [0.29, 0.717) is 12.3 Å². The molecule has 1 aromatic rings. The lowest BCUT2D eigenvalue weighted by molar-refractivity contribution is 0.00414. The van der Waals surface area contributed by atoms with Crippen molar-refractivity contribution in [1.29, 1.82) is 0 Å². The van der Waals surface area contributed by atoms with E-state index in [-0.39, 0.29) is 0 Å². The standard InChI is InChI=1S/C10H14O3/c11-9(10(12)7-3-4-7)6-8-2-1-5-13-8/h1-2,5,7,9-12H,3-4,6H2. The van der Waals surface area contributed by atoms with Gasteiger partial charge in [-0.2, -0.15) is 0 Å². The molecule has 0 aromatic carbocycles. The summed E-state index contributed by atoms with van der Waals surface area (Å²) in [4.78, 5) is 0. The molecule has 3 heteroatoms. The Morgan fingerprint density at radius 1 is 1.46 bits per heavy atom. The Balaban J connectivity index is 1.86. The molecule has 3 nitrogen and oxygen atoms in total. The van der Waals surface area contributed by atoms with Crippen LogP contribution in [0, 0.1) is 5.92 Å². The molecule has 0 bridgehead atoms. The second-order valence-corrected chi connectivity index (χ2v) is 3.68. The molecular formula is C10H14O3. The number of hydrogen-bond acceptors (Lipinski definition) is 3. The Labute approximate surface area is 77.0 Å². The van der Waals surface area contributed by atoms with Crippen molar-refractivity contribution in [3.63, 3.8) is 0 Å². The Bertz CT molecular complexity index is 251. The van der Waals surface area contributed by atoms with E-state index in [1.165, 1.54) is 0 Å². The van der Waals surface area contributed by atoms with Crippen LogP contribution in [0.25, 0.3) is 0 Å². The predicted molar refractivity (Wildman–Crippen MR) is 47.1 cm³/mol. The molecule has 0 radical (unpaired) electrons. The second-order valence-electron chi connectivity index (χ2n) is 3.68. The first-order chi connectivity index (χ1) is 6.27. The molecule has 2 N–H and O–H groups in total. The summed E-state index contributed by atoms with van der Waals surface area (Å²) in [5.74, 6) is 1.04. The van der Waals surface area contributed by atoms with Crippen molar-refractivity contribution in [2.75, 3.05) is 0 Å². The van der Waals surface area contributed by atoms with Crippen LogP contribution in [-0.2, 0) is 6.42 Å². The van der Waals surface area contributed by atoms with Crippen molar-refractivity contribution >= 4 is 0 Å². The van der Waals surface area contributed by atoms with Gasteiger partial charge in [0.1, 0.15) is 5.76 Å². The fraction of sp³-hybridized carbons (Fsp3) is 0.600. The first-order valence-electron chi connectivity index (χ1n) is 4.66. The summed E-state index contributed by atoms with van der Waals surface area (Å²) < 4.78 is 5.08. The third-order valence-electron chi connectivity index (χ3n) is 2.49. The summed E-state index contributed by atoms with van der Waals surface area (Å²) in [6.07, 6.45) is 2.80. The third-order valence-corrected chi connectivity index (χ3v) is 2.49. The van der Waals surface area contributed by atoms with Crippen LogP contribution < -0.4 is 0 Å². The highest BCUT2D eigenvalue weighted by atomic mass is 16.3. The molecule has 1 aliphatic rings. The van der Waals surface area contributed by atoms with Gasteiger partial charge in [-0.1, -0.05) is 0 Å². The van der Waals surface area contributed by atoms with E-state index >= 15 is 0 Å². The van der Waals surface area contributed by atoms with Gasteiger partial charge >= 0.3 is 0 Å². The monoisotopic (exact) mass is 182 g/mol. The van der Waals surface area contributed by atoms with Crippen LogP contribution in [-0.4, -0.2) is 22.4 Å². The van der Waals surface area contributed by atoms with Gasteiger partial charge in [0.2, 0.25) is 0 Å². The maximum absolute atomic E-state index is 9.59. The Kier molecular flexibility index (Phi) is 2.38. The van der Waals surface area contributed by atoms with Crippen LogP contribution in [0.1, 0.15) is 18.6 Å². The molecule has 1 fully saturated rings. The summed E-state index contributed by atoms with van der Waals surface area (Å²) in [5, 5.41) is 19.2. The fourth-order valence-corrected chi connectivity index (χ4v) is 1.51. The highest BCUT2D eigenvalue weighted by Gasteiger charge is 2.34. The molecule has 0 amide bonds. The van der Waals surface area contributed by atoms with E-state index in [1.54, 1.807) is 12.3 Å². The van der Waals surface area contributed by atoms with Crippen LogP contribution in [0.2, 0.25) is 0 Å². The first-order valence-corrected chi connectivity index (χ1v) is 4.66. The highest BCUT2D eigenvalue weighted by molar-refractivity contribution is 5.01. The van der Waals surface area contributed by atoms with Crippen molar-refractivity contribution in [3.05, 3.63) is 24.2 Å². The zero-order chi connectivity index (χ0) is 9.26. The lowest BCUT2D eigenvalue weighted by Crippen LogP contribution is -2.29. The second kappa shape index (κ2) is 3.52. The Morgan fingerprint density at radius 3 is 2.77 bits per heavy atom. The molecule has 2 unspecified atom stereocenters. The van der Waals surface area contributed by atoms with E-state index in [9.17, 15) is 10.2 Å². The predicted octanol–water partition coefficient (Wildman–Crippen LogP) is 0.954. The Hall–Kier alpha value is -0.800. The van der Waals surface area contributed by atoms with Gasteiger partial charge in [-0.05, 0) is 30.9 Å². The SMILES string of the molecule is OC(Cc1ccco1)C(O)C1CC1. The van der Waals surface area contributed by atoms with Crippen molar-refractivity contribution < 1.29 is 14.6 Å². The lowest BCUT2D eigenvalue weighted by Gasteiger charge is -2.15. The van der Waals surface area contributed by atoms with Gasteiger partial charge in [-0.25, -0.2) is 0 Å². The van der Waals surface area contributed by atoms with Crippen molar-refractivity contribution in [2.45, 2.75) is 31.5 Å². The van der Waals surface area contributed by atoms with Gasteiger partial charge < -0.3 is 14.6 Å². The van der Waals surface area contributed by atoms with Crippen molar-refractivity contribution in [1.82, 2.24) is 0 Å². The van der Waals surface area contributed by atoms with Gasteiger partial charge in [0.15, 0.2) is 0 Å². The lowest BCUT2D eigenvalue weighted by atomic mass is 10.1. The zero-order valence-corrected chi connectivity index (χ0v) is 7.39. The number of furan rings is 1. The molecule has 0 saturated heterocycles. The minimum atomic E-state index is -0.682. The largest absolute Gasteiger partial charge is 0.469 e. The molecule has 0 spiro atoms. The Morgan fingerprint density at radius 2 is 2.23 bits per heavy atom. The van der Waals surface area contributed by atoms with E-state index < -0.39 is 12.2 Å². The average molecular weight is 182 g/mol. The van der Waals surface area contributed by atoms with Crippen molar-refractivity contribution in [3.8, 4) is 0 Å². The number of aliphatic hydroxyl groups is 2. The topological polar surface area (TPSA) is 53.6 Å². The molecule has 13 heavy (non-hydrogen) atoms. The first kappa shape index (κ1) is 8.78. The van der Waals surface area contributed by atoms with Crippen LogP contribution >= 0.6 is 0 Å². The van der Waals surface area contributed by atoms with Crippen LogP contribution in [0.5, 0.6) is 0 Å². The smallest absolute Gasteiger partial charge is 0.106 e. The maximum Gasteiger partial charge on any atom is 0.106 e. The van der Waals surface area contributed by atoms with E-state index in [1.807, 2.05) is 6.07 Å². The molecule has 1 saturated carbocycles. The number of hydrogen-bond donors (Lipinski definition) is 2. The van der Waals surface area contributed by atoms with Crippen molar-refractivity contribution in [2.24, 2.45) is 5.92 Å². The minimum absolute atomic E-state index is 0.310. The van der Waals surface area contributed by atoms with E-state index in [0.717, 1.165) is 18.6 Å². The van der Waals surface area contributed by atoms with Crippen LogP contribution in [0.3, 0.4) is 0 Å². The van der Waals surface area contributed by atoms with Crippen LogP contribution in [0.15, 0.2) is 22.8 Å². The average Bonchev–Trinajstić information content (AvgIpc) is 2.85. The summed E-state index contributed by atoms with van der Waals surface area (Å²) >= 11 is 0. The minimum Gasteiger partial charge on any atom is -0.469 e. The third kappa shape index (κ3) is 2.11. The van der Waals surface area contributed by atoms with Gasteiger partial charge in [-0.15, -0.1) is 0 Å². The normalized spacial score (nSPS) is 21.4. The molecular weight excluding hydrogens is 168 g/mol. The summed E-state index contributed by atoms with van der Waals surface area (Å²) in [6, 6.07) is 3.59. The van der Waals surface area contributed by atoms with Gasteiger partial charge in [0, 0.05) is 6.42 Å². The van der Waals surface area contributed by atoms with E-state index in [4.69, 9.17) is 4.42 Å². The molecule has 2 atom stereocenters. The molecule has 1 aromatic heterocycles. The number of aliphatic hydroxyl groups excluding tert-OH is 2. The number of rotatable bonds is 4. The quantitative estimate of drug-likeness (QED) is 0.729. The summed E-state index contributed by atoms with van der Waals surface area (Å²) in [6.45, 7) is 0. The molecule has 2 rings (SSSR count). The molecule has 72 valence electrons. The molecule has 1 aliphatic carbocycles. The zero-order valence-electron chi connectivity index (χ0n) is 7.39. The van der Waals surface area contributed by atoms with Crippen LogP contribution in [0.4, 0.5) is 0 Å². The molecule has 1 heterocycles. The highest BCUT2D eigenvalue weighted by Crippen LogP contribution is 2.34. The van der Waals surface area contributed by atoms with E-state index in [2.05, 4.69) is 0 Å². The molecule has 0 aliphatic heterocycles. The fourth-order valence-electron chi connectivity index (χ4n) is 1.51. The summed E-state index contributed by atoms with van der Waals surface area (Å²) in [5.41, 5.74) is 0. The van der Waals surface area contributed by atoms with Gasteiger partial charge in [0.05, 0.1) is 18.5 Å². The van der Waals surface area contributed by atoms with Gasteiger partial charge in [0.25, 0.3) is 0 Å². The van der Waals surface area contributed by atoms with Gasteiger partial charge in [-0.3, -0.25) is 0 Å². The summed E-state index contributed by atoms with van der Waals surface area (Å²) in [7, 11) is 0.